The van der Waals surface area contributed by atoms with E-state index in [0.29, 0.717) is 11.4 Å². The van der Waals surface area contributed by atoms with Crippen LogP contribution in [0.3, 0.4) is 0 Å². The van der Waals surface area contributed by atoms with E-state index < -0.39 is 0 Å². The number of aromatic nitrogens is 2. The van der Waals surface area contributed by atoms with Crippen LogP contribution in [0.15, 0.2) is 77.3 Å². The monoisotopic (exact) mass is 330 g/mol. The first-order chi connectivity index (χ1) is 12.2. The summed E-state index contributed by atoms with van der Waals surface area (Å²) in [6.45, 7) is 1.99. The van der Waals surface area contributed by atoms with Crippen LogP contribution in [-0.2, 0) is 0 Å². The lowest BCUT2D eigenvalue weighted by Crippen LogP contribution is -1.87. The van der Waals surface area contributed by atoms with Crippen LogP contribution in [0.4, 0.5) is 4.39 Å². The van der Waals surface area contributed by atoms with Crippen LogP contribution < -0.4 is 0 Å². The number of hydrogen-bond acceptors (Lipinski definition) is 3. The molecule has 0 bridgehead atoms. The summed E-state index contributed by atoms with van der Waals surface area (Å²) in [5.74, 6) is 0.236. The van der Waals surface area contributed by atoms with Crippen molar-refractivity contribution in [2.75, 3.05) is 0 Å². The average molecular weight is 330 g/mol. The molecule has 0 fully saturated rings. The summed E-state index contributed by atoms with van der Waals surface area (Å²) in [5, 5.41) is 3.97. The second kappa shape index (κ2) is 6.32. The number of aryl methyl sites for hydroxylation is 1. The Morgan fingerprint density at radius 1 is 0.800 bits per heavy atom. The number of halogens is 1. The molecular weight excluding hydrogens is 315 g/mol. The van der Waals surface area contributed by atoms with Gasteiger partial charge in [-0.05, 0) is 36.2 Å². The van der Waals surface area contributed by atoms with E-state index in [2.05, 4.69) is 10.1 Å². The maximum absolute atomic E-state index is 14.6. The molecule has 0 unspecified atom stereocenters. The second-order valence-corrected chi connectivity index (χ2v) is 5.85. The Bertz CT molecular complexity index is 1030. The molecule has 0 radical (unpaired) electrons. The van der Waals surface area contributed by atoms with Gasteiger partial charge in [0.05, 0.1) is 5.56 Å². The van der Waals surface area contributed by atoms with Crippen molar-refractivity contribution in [1.29, 1.82) is 0 Å². The van der Waals surface area contributed by atoms with Crippen molar-refractivity contribution < 1.29 is 8.91 Å². The molecule has 0 aliphatic heterocycles. The summed E-state index contributed by atoms with van der Waals surface area (Å²) in [5.41, 5.74) is 4.00. The van der Waals surface area contributed by atoms with E-state index in [0.717, 1.165) is 22.3 Å². The topological polar surface area (TPSA) is 38.9 Å². The first-order valence-corrected chi connectivity index (χ1v) is 7.97. The van der Waals surface area contributed by atoms with Crippen molar-refractivity contribution in [3.63, 3.8) is 0 Å². The highest BCUT2D eigenvalue weighted by atomic mass is 19.1. The van der Waals surface area contributed by atoms with E-state index in [1.54, 1.807) is 6.07 Å². The minimum atomic E-state index is -0.388. The average Bonchev–Trinajstić information content (AvgIpc) is 3.12. The Kier molecular flexibility index (Phi) is 3.86. The van der Waals surface area contributed by atoms with Crippen LogP contribution in [-0.4, -0.2) is 10.1 Å². The number of benzene rings is 3. The molecule has 4 heteroatoms. The van der Waals surface area contributed by atoms with Gasteiger partial charge >= 0.3 is 0 Å². The third kappa shape index (κ3) is 3.06. The number of nitrogens with zero attached hydrogens (tertiary/aromatic N) is 2. The van der Waals surface area contributed by atoms with Crippen LogP contribution in [0.25, 0.3) is 34.0 Å². The molecule has 0 spiro atoms. The lowest BCUT2D eigenvalue weighted by Gasteiger charge is -2.03. The maximum atomic E-state index is 14.6. The lowest BCUT2D eigenvalue weighted by molar-refractivity contribution is 0.429. The molecule has 1 aromatic heterocycles. The molecule has 0 atom stereocenters. The van der Waals surface area contributed by atoms with Gasteiger partial charge in [0.15, 0.2) is 0 Å². The molecule has 4 rings (SSSR count). The highest BCUT2D eigenvalue weighted by Crippen LogP contribution is 2.28. The SMILES string of the molecule is Cc1cccc(-c2noc(-c3ccc(-c4ccccc4)cc3F)n2)c1. The zero-order chi connectivity index (χ0) is 17.2. The normalized spacial score (nSPS) is 10.8. The van der Waals surface area contributed by atoms with Gasteiger partial charge in [0.2, 0.25) is 5.82 Å². The van der Waals surface area contributed by atoms with E-state index >= 15 is 0 Å². The Balaban J connectivity index is 1.69. The van der Waals surface area contributed by atoms with Gasteiger partial charge in [-0.15, -0.1) is 0 Å². The fourth-order valence-corrected chi connectivity index (χ4v) is 2.73. The minimum absolute atomic E-state index is 0.175. The van der Waals surface area contributed by atoms with Gasteiger partial charge in [0.1, 0.15) is 5.82 Å². The quantitative estimate of drug-likeness (QED) is 0.496. The largest absolute Gasteiger partial charge is 0.334 e. The van der Waals surface area contributed by atoms with Crippen LogP contribution in [0, 0.1) is 12.7 Å². The van der Waals surface area contributed by atoms with Crippen LogP contribution in [0.2, 0.25) is 0 Å². The molecule has 0 saturated carbocycles. The molecule has 122 valence electrons. The third-order valence-electron chi connectivity index (χ3n) is 4.01. The molecule has 3 nitrogen and oxygen atoms in total. The summed E-state index contributed by atoms with van der Waals surface area (Å²) in [6, 6.07) is 22.5. The predicted molar refractivity (Wildman–Crippen MR) is 95.3 cm³/mol. The molecule has 4 aromatic rings. The smallest absolute Gasteiger partial charge is 0.261 e. The third-order valence-corrected chi connectivity index (χ3v) is 4.01. The molecule has 0 amide bonds. The molecule has 0 N–H and O–H groups in total. The molecule has 0 saturated heterocycles. The van der Waals surface area contributed by atoms with E-state index in [1.807, 2.05) is 67.6 Å². The van der Waals surface area contributed by atoms with Gasteiger partial charge < -0.3 is 4.52 Å². The Morgan fingerprint density at radius 2 is 1.60 bits per heavy atom. The fraction of sp³-hybridized carbons (Fsp3) is 0.0476. The Labute approximate surface area is 144 Å². The highest BCUT2D eigenvalue weighted by molar-refractivity contribution is 5.68. The minimum Gasteiger partial charge on any atom is -0.334 e. The van der Waals surface area contributed by atoms with Gasteiger partial charge in [-0.2, -0.15) is 4.98 Å². The van der Waals surface area contributed by atoms with Crippen molar-refractivity contribution in [2.45, 2.75) is 6.92 Å². The van der Waals surface area contributed by atoms with E-state index in [4.69, 9.17) is 4.52 Å². The Hall–Kier alpha value is -3.27. The zero-order valence-electron chi connectivity index (χ0n) is 13.6. The summed E-state index contributed by atoms with van der Waals surface area (Å²) in [6.07, 6.45) is 0. The summed E-state index contributed by atoms with van der Waals surface area (Å²) in [7, 11) is 0. The maximum Gasteiger partial charge on any atom is 0.261 e. The van der Waals surface area contributed by atoms with Crippen molar-refractivity contribution >= 4 is 0 Å². The molecule has 1 heterocycles. The first-order valence-electron chi connectivity index (χ1n) is 7.97. The summed E-state index contributed by atoms with van der Waals surface area (Å²) in [4.78, 5) is 4.34. The van der Waals surface area contributed by atoms with Crippen LogP contribution in [0.1, 0.15) is 5.56 Å². The van der Waals surface area contributed by atoms with E-state index in [1.165, 1.54) is 6.07 Å². The van der Waals surface area contributed by atoms with Crippen LogP contribution >= 0.6 is 0 Å². The van der Waals surface area contributed by atoms with Crippen LogP contribution in [0.5, 0.6) is 0 Å². The number of rotatable bonds is 3. The lowest BCUT2D eigenvalue weighted by atomic mass is 10.0. The number of hydrogen-bond donors (Lipinski definition) is 0. The zero-order valence-corrected chi connectivity index (χ0v) is 13.6. The predicted octanol–water partition coefficient (Wildman–Crippen LogP) is 5.52. The summed E-state index contributed by atoms with van der Waals surface area (Å²) < 4.78 is 19.8. The van der Waals surface area contributed by atoms with Gasteiger partial charge in [-0.3, -0.25) is 0 Å². The van der Waals surface area contributed by atoms with Crippen molar-refractivity contribution in [3.8, 4) is 34.0 Å². The van der Waals surface area contributed by atoms with E-state index in [-0.39, 0.29) is 11.7 Å². The second-order valence-electron chi connectivity index (χ2n) is 5.85. The fourth-order valence-electron chi connectivity index (χ4n) is 2.73. The Morgan fingerprint density at radius 3 is 2.36 bits per heavy atom. The molecule has 25 heavy (non-hydrogen) atoms. The van der Waals surface area contributed by atoms with E-state index in [9.17, 15) is 4.39 Å². The van der Waals surface area contributed by atoms with Gasteiger partial charge in [0, 0.05) is 5.56 Å². The summed E-state index contributed by atoms with van der Waals surface area (Å²) >= 11 is 0. The first kappa shape index (κ1) is 15.3. The van der Waals surface area contributed by atoms with Crippen molar-refractivity contribution in [2.24, 2.45) is 0 Å². The highest BCUT2D eigenvalue weighted by Gasteiger charge is 2.15. The van der Waals surface area contributed by atoms with Gasteiger partial charge in [-0.25, -0.2) is 4.39 Å². The molecular formula is C21H15FN2O. The molecule has 0 aliphatic rings. The molecule has 0 aliphatic carbocycles. The van der Waals surface area contributed by atoms with Gasteiger partial charge in [-0.1, -0.05) is 65.3 Å². The van der Waals surface area contributed by atoms with Crippen molar-refractivity contribution in [3.05, 3.63) is 84.2 Å². The van der Waals surface area contributed by atoms with Crippen molar-refractivity contribution in [1.82, 2.24) is 10.1 Å². The standard InChI is InChI=1S/C21H15FN2O/c1-14-6-5-9-17(12-14)20-23-21(25-24-20)18-11-10-16(13-19(18)22)15-7-3-2-4-8-15/h2-13H,1H3. The molecule has 3 aromatic carbocycles. The van der Waals surface area contributed by atoms with Gasteiger partial charge in [0.25, 0.3) is 5.89 Å².